The SMILES string of the molecule is O=C(C1CCCCC1)C1Cc2ccccc2N1. The zero-order valence-corrected chi connectivity index (χ0v) is 10.1. The van der Waals surface area contributed by atoms with Gasteiger partial charge in [-0.2, -0.15) is 0 Å². The summed E-state index contributed by atoms with van der Waals surface area (Å²) >= 11 is 0. The predicted molar refractivity (Wildman–Crippen MR) is 69.1 cm³/mol. The van der Waals surface area contributed by atoms with Crippen LogP contribution in [0.3, 0.4) is 0 Å². The van der Waals surface area contributed by atoms with Crippen LogP contribution in [0.2, 0.25) is 0 Å². The minimum Gasteiger partial charge on any atom is -0.375 e. The Bertz CT molecular complexity index is 396. The minimum absolute atomic E-state index is 0.0375. The molecule has 1 aliphatic carbocycles. The van der Waals surface area contributed by atoms with Crippen LogP contribution in [0, 0.1) is 5.92 Å². The van der Waals surface area contributed by atoms with Crippen LogP contribution in [0.1, 0.15) is 37.7 Å². The van der Waals surface area contributed by atoms with Gasteiger partial charge in [-0.3, -0.25) is 4.79 Å². The molecule has 1 atom stereocenters. The van der Waals surface area contributed by atoms with Crippen LogP contribution in [0.5, 0.6) is 0 Å². The third-order valence-electron chi connectivity index (χ3n) is 4.12. The number of Topliss-reactive ketones (excluding diaryl/α,β-unsaturated/α-hetero) is 1. The largest absolute Gasteiger partial charge is 0.375 e. The molecule has 2 aliphatic rings. The van der Waals surface area contributed by atoms with Crippen LogP contribution in [-0.2, 0) is 11.2 Å². The molecule has 0 spiro atoms. The predicted octanol–water partition coefficient (Wildman–Crippen LogP) is 3.17. The van der Waals surface area contributed by atoms with Crippen molar-refractivity contribution in [2.75, 3.05) is 5.32 Å². The Balaban J connectivity index is 1.69. The van der Waals surface area contributed by atoms with Crippen LogP contribution >= 0.6 is 0 Å². The third-order valence-corrected chi connectivity index (χ3v) is 4.12. The van der Waals surface area contributed by atoms with Gasteiger partial charge in [0.2, 0.25) is 0 Å². The van der Waals surface area contributed by atoms with Gasteiger partial charge in [-0.1, -0.05) is 37.5 Å². The number of carbonyl (C=O) groups excluding carboxylic acids is 1. The van der Waals surface area contributed by atoms with Crippen molar-refractivity contribution in [3.8, 4) is 0 Å². The Morgan fingerprint density at radius 1 is 1.12 bits per heavy atom. The summed E-state index contributed by atoms with van der Waals surface area (Å²) in [6, 6.07) is 8.31. The molecule has 2 heteroatoms. The first-order valence-corrected chi connectivity index (χ1v) is 6.73. The van der Waals surface area contributed by atoms with Crippen LogP contribution in [0.15, 0.2) is 24.3 Å². The van der Waals surface area contributed by atoms with Gasteiger partial charge in [0, 0.05) is 18.0 Å². The molecule has 90 valence electrons. The molecule has 0 bridgehead atoms. The number of hydrogen-bond acceptors (Lipinski definition) is 2. The summed E-state index contributed by atoms with van der Waals surface area (Å²) in [5.41, 5.74) is 2.45. The second-order valence-corrected chi connectivity index (χ2v) is 5.30. The van der Waals surface area contributed by atoms with Crippen molar-refractivity contribution in [1.82, 2.24) is 0 Å². The van der Waals surface area contributed by atoms with Crippen LogP contribution < -0.4 is 5.32 Å². The summed E-state index contributed by atoms with van der Waals surface area (Å²) in [4.78, 5) is 12.4. The number of nitrogens with one attached hydrogen (secondary N) is 1. The maximum atomic E-state index is 12.4. The maximum Gasteiger partial charge on any atom is 0.158 e. The zero-order valence-electron chi connectivity index (χ0n) is 10.1. The number of fused-ring (bicyclic) bond motifs is 1. The average Bonchev–Trinajstić information content (AvgIpc) is 2.82. The molecule has 1 aromatic carbocycles. The average molecular weight is 229 g/mol. The molecule has 1 N–H and O–H groups in total. The first-order valence-electron chi connectivity index (χ1n) is 6.73. The van der Waals surface area contributed by atoms with Gasteiger partial charge >= 0.3 is 0 Å². The first-order chi connectivity index (χ1) is 8.34. The highest BCUT2D eigenvalue weighted by Crippen LogP contribution is 2.31. The summed E-state index contributed by atoms with van der Waals surface area (Å²) in [6.07, 6.45) is 6.86. The highest BCUT2D eigenvalue weighted by Gasteiger charge is 2.31. The Morgan fingerprint density at radius 3 is 2.65 bits per heavy atom. The van der Waals surface area contributed by atoms with E-state index in [1.165, 1.54) is 24.8 Å². The Morgan fingerprint density at radius 2 is 1.88 bits per heavy atom. The van der Waals surface area contributed by atoms with Crippen molar-refractivity contribution in [2.45, 2.75) is 44.6 Å². The number of carbonyl (C=O) groups is 1. The lowest BCUT2D eigenvalue weighted by Crippen LogP contribution is -2.34. The monoisotopic (exact) mass is 229 g/mol. The lowest BCUT2D eigenvalue weighted by molar-refractivity contribution is -0.124. The standard InChI is InChI=1S/C15H19NO/c17-15(11-6-2-1-3-7-11)14-10-12-8-4-5-9-13(12)16-14/h4-5,8-9,11,14,16H,1-3,6-7,10H2. The Labute approximate surface area is 102 Å². The van der Waals surface area contributed by atoms with E-state index in [0.29, 0.717) is 11.7 Å². The second-order valence-electron chi connectivity index (χ2n) is 5.30. The molecule has 1 saturated carbocycles. The number of benzene rings is 1. The molecule has 0 saturated heterocycles. The van der Waals surface area contributed by atoms with Crippen LogP contribution in [-0.4, -0.2) is 11.8 Å². The fourth-order valence-corrected chi connectivity index (χ4v) is 3.14. The van der Waals surface area contributed by atoms with Gasteiger partial charge in [-0.05, 0) is 24.5 Å². The van der Waals surface area contributed by atoms with Gasteiger partial charge in [0.25, 0.3) is 0 Å². The molecule has 3 rings (SSSR count). The topological polar surface area (TPSA) is 29.1 Å². The molecule has 1 aromatic rings. The maximum absolute atomic E-state index is 12.4. The lowest BCUT2D eigenvalue weighted by Gasteiger charge is -2.23. The van der Waals surface area contributed by atoms with E-state index in [9.17, 15) is 4.79 Å². The van der Waals surface area contributed by atoms with E-state index in [-0.39, 0.29) is 6.04 Å². The number of para-hydroxylation sites is 1. The number of anilines is 1. The third kappa shape index (κ3) is 2.08. The highest BCUT2D eigenvalue weighted by atomic mass is 16.1. The number of hydrogen-bond donors (Lipinski definition) is 1. The zero-order chi connectivity index (χ0) is 11.7. The van der Waals surface area contributed by atoms with E-state index in [1.807, 2.05) is 12.1 Å². The van der Waals surface area contributed by atoms with E-state index in [2.05, 4.69) is 17.4 Å². The summed E-state index contributed by atoms with van der Waals surface area (Å²) in [5, 5.41) is 3.38. The quantitative estimate of drug-likeness (QED) is 0.844. The molecule has 1 heterocycles. The summed E-state index contributed by atoms with van der Waals surface area (Å²) in [6.45, 7) is 0. The van der Waals surface area contributed by atoms with Gasteiger partial charge in [0.05, 0.1) is 6.04 Å². The molecular formula is C15H19NO. The molecule has 0 radical (unpaired) electrons. The normalized spacial score (nSPS) is 24.1. The molecular weight excluding hydrogens is 210 g/mol. The molecule has 0 amide bonds. The summed E-state index contributed by atoms with van der Waals surface area (Å²) in [7, 11) is 0. The molecule has 2 nitrogen and oxygen atoms in total. The van der Waals surface area contributed by atoms with E-state index in [1.54, 1.807) is 0 Å². The van der Waals surface area contributed by atoms with Crippen LogP contribution in [0.4, 0.5) is 5.69 Å². The molecule has 1 aliphatic heterocycles. The fourth-order valence-electron chi connectivity index (χ4n) is 3.14. The van der Waals surface area contributed by atoms with E-state index < -0.39 is 0 Å². The molecule has 0 aromatic heterocycles. The summed E-state index contributed by atoms with van der Waals surface area (Å²) in [5.74, 6) is 0.761. The lowest BCUT2D eigenvalue weighted by atomic mass is 9.83. The smallest absolute Gasteiger partial charge is 0.158 e. The van der Waals surface area contributed by atoms with Crippen molar-refractivity contribution in [3.05, 3.63) is 29.8 Å². The number of rotatable bonds is 2. The van der Waals surface area contributed by atoms with Crippen molar-refractivity contribution in [3.63, 3.8) is 0 Å². The van der Waals surface area contributed by atoms with Crippen LogP contribution in [0.25, 0.3) is 0 Å². The summed E-state index contributed by atoms with van der Waals surface area (Å²) < 4.78 is 0. The highest BCUT2D eigenvalue weighted by molar-refractivity contribution is 5.91. The molecule has 17 heavy (non-hydrogen) atoms. The molecule has 1 fully saturated rings. The van der Waals surface area contributed by atoms with Crippen molar-refractivity contribution in [1.29, 1.82) is 0 Å². The fraction of sp³-hybridized carbons (Fsp3) is 0.533. The minimum atomic E-state index is 0.0375. The first kappa shape index (κ1) is 10.8. The van der Waals surface area contributed by atoms with E-state index >= 15 is 0 Å². The van der Waals surface area contributed by atoms with Gasteiger partial charge in [0.1, 0.15) is 0 Å². The van der Waals surface area contributed by atoms with E-state index in [4.69, 9.17) is 0 Å². The van der Waals surface area contributed by atoms with Crippen molar-refractivity contribution < 1.29 is 4.79 Å². The second kappa shape index (κ2) is 4.52. The number of ketones is 1. The Hall–Kier alpha value is -1.31. The van der Waals surface area contributed by atoms with Gasteiger partial charge in [0.15, 0.2) is 5.78 Å². The molecule has 1 unspecified atom stereocenters. The van der Waals surface area contributed by atoms with Crippen molar-refractivity contribution >= 4 is 11.5 Å². The van der Waals surface area contributed by atoms with E-state index in [0.717, 1.165) is 24.9 Å². The van der Waals surface area contributed by atoms with Crippen molar-refractivity contribution in [2.24, 2.45) is 5.92 Å². The van der Waals surface area contributed by atoms with Gasteiger partial charge in [-0.15, -0.1) is 0 Å². The van der Waals surface area contributed by atoms with Gasteiger partial charge < -0.3 is 5.32 Å². The van der Waals surface area contributed by atoms with Gasteiger partial charge in [-0.25, -0.2) is 0 Å². The Kier molecular flexibility index (Phi) is 2.87.